The molecule has 0 amide bonds. The van der Waals surface area contributed by atoms with Crippen molar-refractivity contribution in [2.75, 3.05) is 0 Å². The number of thiophene rings is 1. The number of benzene rings is 1. The number of hydrogen-bond donors (Lipinski definition) is 0. The Balaban J connectivity index is 2.52. The highest BCUT2D eigenvalue weighted by Crippen LogP contribution is 2.28. The second-order valence-electron chi connectivity index (χ2n) is 3.30. The number of halogens is 1. The molecule has 2 rings (SSSR count). The fourth-order valence-corrected chi connectivity index (χ4v) is 2.27. The fourth-order valence-electron chi connectivity index (χ4n) is 1.41. The van der Waals surface area contributed by atoms with Crippen LogP contribution in [0.15, 0.2) is 30.3 Å². The second-order valence-corrected chi connectivity index (χ2v) is 4.59. The molecule has 15 heavy (non-hydrogen) atoms. The smallest absolute Gasteiger partial charge is 0.150 e. The van der Waals surface area contributed by atoms with Crippen LogP contribution in [0.5, 0.6) is 0 Å². The molecule has 0 N–H and O–H groups in total. The number of aryl methyl sites for hydroxylation is 1. The maximum absolute atomic E-state index is 13.2. The Hall–Kier alpha value is -1.48. The van der Waals surface area contributed by atoms with Crippen molar-refractivity contribution < 1.29 is 9.18 Å². The summed E-state index contributed by atoms with van der Waals surface area (Å²) in [6.07, 6.45) is 0.660. The van der Waals surface area contributed by atoms with Gasteiger partial charge >= 0.3 is 0 Å². The average Bonchev–Trinajstić information content (AvgIpc) is 2.64. The molecule has 1 heterocycles. The average molecular weight is 220 g/mol. The van der Waals surface area contributed by atoms with Crippen molar-refractivity contribution in [3.63, 3.8) is 0 Å². The van der Waals surface area contributed by atoms with Crippen LogP contribution in [0.3, 0.4) is 0 Å². The van der Waals surface area contributed by atoms with Crippen molar-refractivity contribution in [2.24, 2.45) is 0 Å². The summed E-state index contributed by atoms with van der Waals surface area (Å²) in [6.45, 7) is 1.99. The fraction of sp³-hybridized carbons (Fsp3) is 0.0833. The molecule has 1 aromatic heterocycles. The van der Waals surface area contributed by atoms with E-state index < -0.39 is 0 Å². The SMILES string of the molecule is Cc1ccc(-c2cc(F)cc(C=O)c2)s1. The first-order chi connectivity index (χ1) is 7.19. The van der Waals surface area contributed by atoms with E-state index in [-0.39, 0.29) is 5.82 Å². The standard InChI is InChI=1S/C12H9FOS/c1-8-2-3-12(15-8)10-4-9(7-14)5-11(13)6-10/h2-7H,1H3. The van der Waals surface area contributed by atoms with Crippen LogP contribution in [0.25, 0.3) is 10.4 Å². The van der Waals surface area contributed by atoms with E-state index in [1.54, 1.807) is 17.4 Å². The number of rotatable bonds is 2. The van der Waals surface area contributed by atoms with E-state index in [9.17, 15) is 9.18 Å². The van der Waals surface area contributed by atoms with Gasteiger partial charge in [0, 0.05) is 15.3 Å². The molecule has 0 atom stereocenters. The Kier molecular flexibility index (Phi) is 2.64. The van der Waals surface area contributed by atoms with Gasteiger partial charge in [-0.2, -0.15) is 0 Å². The third-order valence-electron chi connectivity index (χ3n) is 2.08. The zero-order valence-corrected chi connectivity index (χ0v) is 8.98. The molecule has 0 saturated carbocycles. The molecule has 0 bridgehead atoms. The van der Waals surface area contributed by atoms with E-state index >= 15 is 0 Å². The first-order valence-electron chi connectivity index (χ1n) is 4.51. The Morgan fingerprint density at radius 2 is 2.07 bits per heavy atom. The lowest BCUT2D eigenvalue weighted by Crippen LogP contribution is -1.84. The van der Waals surface area contributed by atoms with Gasteiger partial charge in [-0.15, -0.1) is 11.3 Å². The Bertz CT molecular complexity index is 502. The van der Waals surface area contributed by atoms with Gasteiger partial charge in [-0.25, -0.2) is 4.39 Å². The Labute approximate surface area is 91.2 Å². The van der Waals surface area contributed by atoms with Crippen LogP contribution in [0.1, 0.15) is 15.2 Å². The van der Waals surface area contributed by atoms with Gasteiger partial charge in [-0.3, -0.25) is 4.79 Å². The van der Waals surface area contributed by atoms with Crippen LogP contribution in [-0.4, -0.2) is 6.29 Å². The van der Waals surface area contributed by atoms with Gasteiger partial charge in [0.15, 0.2) is 0 Å². The van der Waals surface area contributed by atoms with Crippen LogP contribution in [0, 0.1) is 12.7 Å². The predicted molar refractivity (Wildman–Crippen MR) is 59.8 cm³/mol. The summed E-state index contributed by atoms with van der Waals surface area (Å²) in [5.41, 5.74) is 1.13. The number of carbonyl (C=O) groups is 1. The zero-order chi connectivity index (χ0) is 10.8. The molecule has 0 aliphatic rings. The van der Waals surface area contributed by atoms with Crippen molar-refractivity contribution in [2.45, 2.75) is 6.92 Å². The predicted octanol–water partition coefficient (Wildman–Crippen LogP) is 3.68. The minimum absolute atomic E-state index is 0.371. The van der Waals surface area contributed by atoms with Gasteiger partial charge in [0.2, 0.25) is 0 Å². The third-order valence-corrected chi connectivity index (χ3v) is 3.13. The topological polar surface area (TPSA) is 17.1 Å². The summed E-state index contributed by atoms with van der Waals surface area (Å²) in [6, 6.07) is 8.28. The number of carbonyl (C=O) groups excluding carboxylic acids is 1. The van der Waals surface area contributed by atoms with Crippen LogP contribution >= 0.6 is 11.3 Å². The largest absolute Gasteiger partial charge is 0.298 e. The van der Waals surface area contributed by atoms with E-state index in [0.717, 1.165) is 10.4 Å². The molecule has 0 saturated heterocycles. The zero-order valence-electron chi connectivity index (χ0n) is 8.16. The molecule has 0 radical (unpaired) electrons. The van der Waals surface area contributed by atoms with Crippen molar-refractivity contribution in [1.82, 2.24) is 0 Å². The summed E-state index contributed by atoms with van der Waals surface area (Å²) >= 11 is 1.59. The quantitative estimate of drug-likeness (QED) is 0.706. The van der Waals surface area contributed by atoms with Gasteiger partial charge in [-0.1, -0.05) is 0 Å². The molecule has 0 unspecified atom stereocenters. The van der Waals surface area contributed by atoms with Crippen molar-refractivity contribution >= 4 is 17.6 Å². The molecule has 0 spiro atoms. The molecule has 1 nitrogen and oxygen atoms in total. The lowest BCUT2D eigenvalue weighted by atomic mass is 10.1. The lowest BCUT2D eigenvalue weighted by molar-refractivity contribution is 0.112. The van der Waals surface area contributed by atoms with Crippen LogP contribution in [-0.2, 0) is 0 Å². The summed E-state index contributed by atoms with van der Waals surface area (Å²) < 4.78 is 13.2. The monoisotopic (exact) mass is 220 g/mol. The van der Waals surface area contributed by atoms with Gasteiger partial charge < -0.3 is 0 Å². The number of aldehydes is 1. The van der Waals surface area contributed by atoms with E-state index in [0.29, 0.717) is 11.8 Å². The van der Waals surface area contributed by atoms with E-state index in [4.69, 9.17) is 0 Å². The lowest BCUT2D eigenvalue weighted by Gasteiger charge is -1.99. The Morgan fingerprint density at radius 1 is 1.27 bits per heavy atom. The number of hydrogen-bond acceptors (Lipinski definition) is 2. The first-order valence-corrected chi connectivity index (χ1v) is 5.33. The van der Waals surface area contributed by atoms with E-state index in [2.05, 4.69) is 0 Å². The molecule has 0 aliphatic heterocycles. The molecule has 1 aromatic carbocycles. The molecular weight excluding hydrogens is 211 g/mol. The minimum Gasteiger partial charge on any atom is -0.298 e. The van der Waals surface area contributed by atoms with E-state index in [1.807, 2.05) is 19.1 Å². The molecule has 2 aromatic rings. The summed E-state index contributed by atoms with van der Waals surface area (Å²) in [5.74, 6) is -0.374. The summed E-state index contributed by atoms with van der Waals surface area (Å²) in [7, 11) is 0. The normalized spacial score (nSPS) is 10.3. The van der Waals surface area contributed by atoms with Crippen LogP contribution < -0.4 is 0 Å². The van der Waals surface area contributed by atoms with Gasteiger partial charge in [0.1, 0.15) is 12.1 Å². The summed E-state index contributed by atoms with van der Waals surface area (Å²) in [4.78, 5) is 12.7. The van der Waals surface area contributed by atoms with Gasteiger partial charge in [0.05, 0.1) is 0 Å². The molecular formula is C12H9FOS. The minimum atomic E-state index is -0.374. The molecule has 0 fully saturated rings. The van der Waals surface area contributed by atoms with Gasteiger partial charge in [-0.05, 0) is 42.8 Å². The van der Waals surface area contributed by atoms with Gasteiger partial charge in [0.25, 0.3) is 0 Å². The third kappa shape index (κ3) is 2.13. The van der Waals surface area contributed by atoms with Crippen molar-refractivity contribution in [3.05, 3.63) is 46.6 Å². The summed E-state index contributed by atoms with van der Waals surface area (Å²) in [5, 5.41) is 0. The second kappa shape index (κ2) is 3.95. The first kappa shape index (κ1) is 10.1. The Morgan fingerprint density at radius 3 is 2.67 bits per heavy atom. The highest BCUT2D eigenvalue weighted by atomic mass is 32.1. The molecule has 3 heteroatoms. The van der Waals surface area contributed by atoms with Crippen LogP contribution in [0.2, 0.25) is 0 Å². The molecule has 76 valence electrons. The maximum atomic E-state index is 13.2. The van der Waals surface area contributed by atoms with Crippen molar-refractivity contribution in [3.8, 4) is 10.4 Å². The molecule has 0 aliphatic carbocycles. The highest BCUT2D eigenvalue weighted by Gasteiger charge is 2.04. The maximum Gasteiger partial charge on any atom is 0.150 e. The highest BCUT2D eigenvalue weighted by molar-refractivity contribution is 7.15. The van der Waals surface area contributed by atoms with Crippen molar-refractivity contribution in [1.29, 1.82) is 0 Å². The van der Waals surface area contributed by atoms with E-state index in [1.165, 1.54) is 17.0 Å². The van der Waals surface area contributed by atoms with Crippen LogP contribution in [0.4, 0.5) is 4.39 Å².